The van der Waals surface area contributed by atoms with Crippen molar-refractivity contribution >= 4 is 11.8 Å². The van der Waals surface area contributed by atoms with E-state index in [-0.39, 0.29) is 36.1 Å². The van der Waals surface area contributed by atoms with E-state index in [0.717, 1.165) is 12.8 Å². The molecule has 0 N–H and O–H groups in total. The molecule has 114 valence electrons. The van der Waals surface area contributed by atoms with Crippen molar-refractivity contribution < 1.29 is 14.3 Å². The predicted molar refractivity (Wildman–Crippen MR) is 81.9 cm³/mol. The molecule has 1 fully saturated rings. The summed E-state index contributed by atoms with van der Waals surface area (Å²) in [7, 11) is 0. The van der Waals surface area contributed by atoms with E-state index < -0.39 is 0 Å². The summed E-state index contributed by atoms with van der Waals surface area (Å²) in [6, 6.07) is 8.92. The highest BCUT2D eigenvalue weighted by Gasteiger charge is 2.37. The monoisotopic (exact) mass is 288 g/mol. The Balaban J connectivity index is 1.97. The Kier molecular flexibility index (Phi) is 5.16. The van der Waals surface area contributed by atoms with Gasteiger partial charge in [0.1, 0.15) is 12.4 Å². The molecule has 0 aromatic heterocycles. The van der Waals surface area contributed by atoms with Crippen LogP contribution in [-0.2, 0) is 9.53 Å². The lowest BCUT2D eigenvalue weighted by Gasteiger charge is -2.34. The van der Waals surface area contributed by atoms with Gasteiger partial charge in [0.15, 0.2) is 0 Å². The van der Waals surface area contributed by atoms with E-state index in [1.54, 1.807) is 24.3 Å². The van der Waals surface area contributed by atoms with Crippen LogP contribution < -0.4 is 0 Å². The molecule has 0 unspecified atom stereocenters. The summed E-state index contributed by atoms with van der Waals surface area (Å²) in [5.41, 5.74) is 0.536. The maximum atomic E-state index is 12.5. The number of carbonyl (C=O) groups is 2. The van der Waals surface area contributed by atoms with Gasteiger partial charge in [0, 0.05) is 5.92 Å². The van der Waals surface area contributed by atoms with Crippen LogP contribution in [-0.4, -0.2) is 18.4 Å². The molecule has 1 saturated carbocycles. The van der Waals surface area contributed by atoms with Crippen molar-refractivity contribution in [3.05, 3.63) is 35.9 Å². The van der Waals surface area contributed by atoms with Crippen LogP contribution in [0.3, 0.4) is 0 Å². The molecule has 3 atom stereocenters. The Morgan fingerprint density at radius 2 is 1.90 bits per heavy atom. The third kappa shape index (κ3) is 3.72. The van der Waals surface area contributed by atoms with Gasteiger partial charge in [-0.05, 0) is 36.8 Å². The number of rotatable bonds is 4. The van der Waals surface area contributed by atoms with Gasteiger partial charge in [-0.3, -0.25) is 4.79 Å². The van der Waals surface area contributed by atoms with E-state index in [1.165, 1.54) is 0 Å². The zero-order valence-electron chi connectivity index (χ0n) is 13.0. The third-order valence-electron chi connectivity index (χ3n) is 4.56. The summed E-state index contributed by atoms with van der Waals surface area (Å²) in [6.45, 7) is 6.46. The van der Waals surface area contributed by atoms with Crippen LogP contribution in [0.4, 0.5) is 0 Å². The first kappa shape index (κ1) is 15.7. The molecule has 0 spiro atoms. The number of Topliss-reactive ketones (excluding diaryl/α,β-unsaturated/α-hetero) is 1. The van der Waals surface area contributed by atoms with E-state index in [4.69, 9.17) is 4.74 Å². The minimum Gasteiger partial charge on any atom is -0.461 e. The fourth-order valence-corrected chi connectivity index (χ4v) is 3.07. The summed E-state index contributed by atoms with van der Waals surface area (Å²) in [4.78, 5) is 24.5. The maximum absolute atomic E-state index is 12.5. The van der Waals surface area contributed by atoms with Gasteiger partial charge in [-0.15, -0.1) is 0 Å². The quantitative estimate of drug-likeness (QED) is 0.793. The first-order chi connectivity index (χ1) is 10.0. The molecule has 2 rings (SSSR count). The smallest absolute Gasteiger partial charge is 0.338 e. The van der Waals surface area contributed by atoms with Gasteiger partial charge in [0.05, 0.1) is 11.5 Å². The predicted octanol–water partition coefficient (Wildman–Crippen LogP) is 3.73. The topological polar surface area (TPSA) is 43.4 Å². The van der Waals surface area contributed by atoms with Gasteiger partial charge in [0.2, 0.25) is 0 Å². The Hall–Kier alpha value is -1.64. The van der Waals surface area contributed by atoms with Crippen molar-refractivity contribution in [2.75, 3.05) is 6.61 Å². The van der Waals surface area contributed by atoms with Crippen LogP contribution in [0.25, 0.3) is 0 Å². The molecule has 0 saturated heterocycles. The van der Waals surface area contributed by atoms with Crippen molar-refractivity contribution in [1.29, 1.82) is 0 Å². The average molecular weight is 288 g/mol. The maximum Gasteiger partial charge on any atom is 0.338 e. The molecule has 1 aliphatic carbocycles. The number of ketones is 1. The van der Waals surface area contributed by atoms with Crippen LogP contribution in [0, 0.1) is 23.7 Å². The lowest BCUT2D eigenvalue weighted by Crippen LogP contribution is -2.39. The number of hydrogen-bond acceptors (Lipinski definition) is 3. The molecule has 1 aromatic rings. The molecule has 21 heavy (non-hydrogen) atoms. The van der Waals surface area contributed by atoms with Gasteiger partial charge in [-0.1, -0.05) is 39.0 Å². The number of ether oxygens (including phenoxy) is 1. The van der Waals surface area contributed by atoms with Crippen LogP contribution in [0.5, 0.6) is 0 Å². The summed E-state index contributed by atoms with van der Waals surface area (Å²) in [5.74, 6) is 0.528. The summed E-state index contributed by atoms with van der Waals surface area (Å²) < 4.78 is 5.38. The normalized spacial score (nSPS) is 25.9. The Morgan fingerprint density at radius 3 is 2.52 bits per heavy atom. The Labute approximate surface area is 126 Å². The second-order valence-electron chi connectivity index (χ2n) is 6.38. The van der Waals surface area contributed by atoms with Gasteiger partial charge >= 0.3 is 5.97 Å². The van der Waals surface area contributed by atoms with Gasteiger partial charge in [-0.2, -0.15) is 0 Å². The third-order valence-corrected chi connectivity index (χ3v) is 4.56. The zero-order chi connectivity index (χ0) is 15.4. The number of benzene rings is 1. The lowest BCUT2D eigenvalue weighted by molar-refractivity contribution is -0.134. The number of hydrogen-bond donors (Lipinski definition) is 0. The summed E-state index contributed by atoms with van der Waals surface area (Å²) in [6.07, 6.45) is 1.99. The minimum absolute atomic E-state index is 0.113. The molecule has 0 radical (unpaired) electrons. The van der Waals surface area contributed by atoms with Crippen LogP contribution in [0.15, 0.2) is 30.3 Å². The molecule has 0 aliphatic heterocycles. The van der Waals surface area contributed by atoms with Gasteiger partial charge in [-0.25, -0.2) is 4.79 Å². The average Bonchev–Trinajstić information content (AvgIpc) is 2.47. The highest BCUT2D eigenvalue weighted by molar-refractivity contribution is 5.90. The fraction of sp³-hybridized carbons (Fsp3) is 0.556. The van der Waals surface area contributed by atoms with E-state index in [2.05, 4.69) is 20.8 Å². The van der Waals surface area contributed by atoms with E-state index in [9.17, 15) is 9.59 Å². The van der Waals surface area contributed by atoms with Crippen LogP contribution >= 0.6 is 0 Å². The molecule has 1 aliphatic rings. The van der Waals surface area contributed by atoms with Crippen LogP contribution in [0.1, 0.15) is 44.0 Å². The van der Waals surface area contributed by atoms with Crippen molar-refractivity contribution in [3.63, 3.8) is 0 Å². The Morgan fingerprint density at radius 1 is 1.24 bits per heavy atom. The molecule has 3 heteroatoms. The van der Waals surface area contributed by atoms with Crippen LogP contribution in [0.2, 0.25) is 0 Å². The van der Waals surface area contributed by atoms with Crippen molar-refractivity contribution in [2.45, 2.75) is 33.6 Å². The van der Waals surface area contributed by atoms with E-state index in [0.29, 0.717) is 11.5 Å². The summed E-state index contributed by atoms with van der Waals surface area (Å²) in [5, 5.41) is 0. The molecular weight excluding hydrogens is 264 g/mol. The van der Waals surface area contributed by atoms with E-state index >= 15 is 0 Å². The fourth-order valence-electron chi connectivity index (χ4n) is 3.07. The summed E-state index contributed by atoms with van der Waals surface area (Å²) >= 11 is 0. The zero-order valence-corrected chi connectivity index (χ0v) is 13.0. The molecule has 0 bridgehead atoms. The largest absolute Gasteiger partial charge is 0.461 e. The SMILES string of the molecule is CC(C)[C@@H]1CC[C@@H](C)[C@@H](COC(=O)c2ccccc2)C1=O. The standard InChI is InChI=1S/C18H24O3/c1-12(2)15-10-9-13(3)16(17(15)19)11-21-18(20)14-7-5-4-6-8-14/h4-8,12-13,15-16H,9-11H2,1-3H3/t13-,15+,16-/m1/s1. The molecule has 0 amide bonds. The lowest BCUT2D eigenvalue weighted by atomic mass is 9.70. The molecule has 1 aromatic carbocycles. The second-order valence-corrected chi connectivity index (χ2v) is 6.38. The Bertz CT molecular complexity index is 492. The first-order valence-electron chi connectivity index (χ1n) is 7.76. The van der Waals surface area contributed by atoms with Gasteiger partial charge < -0.3 is 4.74 Å². The molecular formula is C18H24O3. The van der Waals surface area contributed by atoms with Crippen molar-refractivity contribution in [1.82, 2.24) is 0 Å². The highest BCUT2D eigenvalue weighted by Crippen LogP contribution is 2.34. The van der Waals surface area contributed by atoms with Gasteiger partial charge in [0.25, 0.3) is 0 Å². The van der Waals surface area contributed by atoms with Crippen molar-refractivity contribution in [2.24, 2.45) is 23.7 Å². The number of esters is 1. The second kappa shape index (κ2) is 6.88. The first-order valence-corrected chi connectivity index (χ1v) is 7.76. The van der Waals surface area contributed by atoms with E-state index in [1.807, 2.05) is 6.07 Å². The van der Waals surface area contributed by atoms with Crippen molar-refractivity contribution in [3.8, 4) is 0 Å². The molecule has 3 nitrogen and oxygen atoms in total. The number of carbonyl (C=O) groups excluding carboxylic acids is 2. The molecule has 0 heterocycles. The highest BCUT2D eigenvalue weighted by atomic mass is 16.5. The minimum atomic E-state index is -0.345.